The number of carbonyl (C=O) groups excluding carboxylic acids is 2. The number of sulfonamides is 1. The van der Waals surface area contributed by atoms with Gasteiger partial charge in [-0.25, -0.2) is 8.42 Å². The molecule has 1 N–H and O–H groups in total. The van der Waals surface area contributed by atoms with Crippen LogP contribution in [0.25, 0.3) is 0 Å². The van der Waals surface area contributed by atoms with Gasteiger partial charge in [-0.15, -0.1) is 0 Å². The van der Waals surface area contributed by atoms with E-state index in [2.05, 4.69) is 5.32 Å². The zero-order valence-electron chi connectivity index (χ0n) is 24.4. The Morgan fingerprint density at radius 2 is 1.52 bits per heavy atom. The molecule has 42 heavy (non-hydrogen) atoms. The van der Waals surface area contributed by atoms with Crippen molar-refractivity contribution in [2.45, 2.75) is 57.8 Å². The summed E-state index contributed by atoms with van der Waals surface area (Å²) in [6, 6.07) is 22.8. The molecule has 0 unspecified atom stereocenters. The molecule has 0 saturated heterocycles. The van der Waals surface area contributed by atoms with Crippen LogP contribution in [0.3, 0.4) is 0 Å². The van der Waals surface area contributed by atoms with Gasteiger partial charge >= 0.3 is 0 Å². The first-order valence-electron chi connectivity index (χ1n) is 14.1. The minimum absolute atomic E-state index is 0.0908. The maximum atomic E-state index is 13.8. The first-order valence-corrected chi connectivity index (χ1v) is 16.0. The fourth-order valence-corrected chi connectivity index (χ4v) is 5.82. The molecule has 10 heteroatoms. The minimum Gasteiger partial charge on any atom is -0.497 e. The van der Waals surface area contributed by atoms with Gasteiger partial charge in [0.05, 0.1) is 19.1 Å². The van der Waals surface area contributed by atoms with Crippen LogP contribution in [-0.2, 0) is 32.8 Å². The van der Waals surface area contributed by atoms with Gasteiger partial charge in [0.15, 0.2) is 0 Å². The Morgan fingerprint density at radius 1 is 0.905 bits per heavy atom. The van der Waals surface area contributed by atoms with E-state index in [0.717, 1.165) is 47.4 Å². The van der Waals surface area contributed by atoms with Gasteiger partial charge in [-0.05, 0) is 67.3 Å². The van der Waals surface area contributed by atoms with Crippen molar-refractivity contribution < 1.29 is 27.5 Å². The second kappa shape index (κ2) is 14.2. The largest absolute Gasteiger partial charge is 0.497 e. The number of benzene rings is 3. The zero-order chi connectivity index (χ0) is 30.1. The lowest BCUT2D eigenvalue weighted by Gasteiger charge is -2.32. The number of ether oxygens (including phenoxy) is 2. The third-order valence-electron chi connectivity index (χ3n) is 7.43. The van der Waals surface area contributed by atoms with Crippen LogP contribution >= 0.6 is 0 Å². The van der Waals surface area contributed by atoms with E-state index in [1.54, 1.807) is 50.4 Å². The smallest absolute Gasteiger partial charge is 0.244 e. The number of anilines is 1. The number of nitrogens with one attached hydrogen (secondary N) is 1. The third-order valence-corrected chi connectivity index (χ3v) is 8.57. The number of carbonyl (C=O) groups is 2. The van der Waals surface area contributed by atoms with Gasteiger partial charge in [0.25, 0.3) is 0 Å². The molecule has 224 valence electrons. The first-order chi connectivity index (χ1) is 20.1. The molecule has 1 fully saturated rings. The summed E-state index contributed by atoms with van der Waals surface area (Å²) >= 11 is 0. The fraction of sp³-hybridized carbons (Fsp3) is 0.375. The zero-order valence-corrected chi connectivity index (χ0v) is 25.2. The summed E-state index contributed by atoms with van der Waals surface area (Å²) in [5.74, 6) is 0.494. The maximum Gasteiger partial charge on any atom is 0.244 e. The summed E-state index contributed by atoms with van der Waals surface area (Å²) in [6.07, 6.45) is 5.01. The van der Waals surface area contributed by atoms with E-state index in [4.69, 9.17) is 9.47 Å². The number of rotatable bonds is 13. The number of nitrogens with zero attached hydrogens (tertiary/aromatic N) is 2. The molecule has 9 nitrogen and oxygen atoms in total. The van der Waals surface area contributed by atoms with Crippen LogP contribution in [0.1, 0.15) is 43.7 Å². The standard InChI is InChI=1S/C32H39N3O6S/c1-24(32(37)33-27-11-7-8-12-27)34(21-25-13-17-29(40-2)18-14-25)31(36)22-35(42(3,38)39)28-15-19-30(20-16-28)41-23-26-9-5-4-6-10-26/h4-6,9-10,13-20,24,27H,7-8,11-12,21-23H2,1-3H3,(H,33,37)/t24-/m1/s1. The monoisotopic (exact) mass is 593 g/mol. The number of amides is 2. The highest BCUT2D eigenvalue weighted by atomic mass is 32.2. The van der Waals surface area contributed by atoms with Gasteiger partial charge in [0.2, 0.25) is 21.8 Å². The van der Waals surface area contributed by atoms with Crippen molar-refractivity contribution in [3.05, 3.63) is 90.0 Å². The molecule has 1 aliphatic rings. The van der Waals surface area contributed by atoms with E-state index in [1.807, 2.05) is 42.5 Å². The second-order valence-electron chi connectivity index (χ2n) is 10.6. The van der Waals surface area contributed by atoms with Crippen LogP contribution in [-0.4, -0.2) is 57.1 Å². The molecule has 0 aromatic heterocycles. The molecule has 3 aromatic carbocycles. The van der Waals surface area contributed by atoms with Gasteiger partial charge in [0.1, 0.15) is 30.7 Å². The summed E-state index contributed by atoms with van der Waals surface area (Å²) in [6.45, 7) is 1.72. The Balaban J connectivity index is 1.52. The van der Waals surface area contributed by atoms with E-state index in [1.165, 1.54) is 4.90 Å². The van der Waals surface area contributed by atoms with Gasteiger partial charge < -0.3 is 19.7 Å². The lowest BCUT2D eigenvalue weighted by molar-refractivity contribution is -0.139. The molecule has 1 atom stereocenters. The summed E-state index contributed by atoms with van der Waals surface area (Å²) < 4.78 is 37.9. The van der Waals surface area contributed by atoms with Crippen LogP contribution in [0, 0.1) is 0 Å². The Hall–Kier alpha value is -4.05. The van der Waals surface area contributed by atoms with Crippen molar-refractivity contribution in [2.75, 3.05) is 24.2 Å². The van der Waals surface area contributed by atoms with Crippen molar-refractivity contribution >= 4 is 27.5 Å². The molecule has 3 aromatic rings. The summed E-state index contributed by atoms with van der Waals surface area (Å²) in [4.78, 5) is 28.5. The third kappa shape index (κ3) is 8.48. The molecule has 0 bridgehead atoms. The van der Waals surface area contributed by atoms with Crippen LogP contribution in [0.2, 0.25) is 0 Å². The molecule has 1 saturated carbocycles. The van der Waals surface area contributed by atoms with Gasteiger partial charge in [0, 0.05) is 12.6 Å². The van der Waals surface area contributed by atoms with E-state index < -0.39 is 28.5 Å². The first kappa shape index (κ1) is 30.9. The number of hydrogen-bond acceptors (Lipinski definition) is 6. The number of methoxy groups -OCH3 is 1. The quantitative estimate of drug-likeness (QED) is 0.313. The highest BCUT2D eigenvalue weighted by molar-refractivity contribution is 7.92. The molecular formula is C32H39N3O6S. The SMILES string of the molecule is COc1ccc(CN(C(=O)CN(c2ccc(OCc3ccccc3)cc2)S(C)(=O)=O)[C@H](C)C(=O)NC2CCCC2)cc1. The summed E-state index contributed by atoms with van der Waals surface area (Å²) in [5, 5.41) is 3.06. The van der Waals surface area contributed by atoms with Gasteiger partial charge in [-0.2, -0.15) is 0 Å². The van der Waals surface area contributed by atoms with Crippen molar-refractivity contribution in [1.29, 1.82) is 0 Å². The van der Waals surface area contributed by atoms with Gasteiger partial charge in [-0.1, -0.05) is 55.3 Å². The fourth-order valence-electron chi connectivity index (χ4n) is 4.97. The van der Waals surface area contributed by atoms with E-state index >= 15 is 0 Å². The topological polar surface area (TPSA) is 105 Å². The average Bonchev–Trinajstić information content (AvgIpc) is 3.51. The van der Waals surface area contributed by atoms with Crippen molar-refractivity contribution in [1.82, 2.24) is 10.2 Å². The highest BCUT2D eigenvalue weighted by Gasteiger charge is 2.31. The van der Waals surface area contributed by atoms with Crippen LogP contribution in [0.4, 0.5) is 5.69 Å². The lowest BCUT2D eigenvalue weighted by atomic mass is 10.1. The number of hydrogen-bond donors (Lipinski definition) is 1. The lowest BCUT2D eigenvalue weighted by Crippen LogP contribution is -2.52. The summed E-state index contributed by atoms with van der Waals surface area (Å²) in [7, 11) is -2.26. The van der Waals surface area contributed by atoms with Gasteiger partial charge in [-0.3, -0.25) is 13.9 Å². The van der Waals surface area contributed by atoms with Crippen LogP contribution in [0.15, 0.2) is 78.9 Å². The maximum absolute atomic E-state index is 13.8. The molecule has 1 aliphatic carbocycles. The molecule has 0 heterocycles. The Labute approximate surface area is 248 Å². The molecule has 2 amide bonds. The molecular weight excluding hydrogens is 554 g/mol. The second-order valence-corrected chi connectivity index (χ2v) is 12.5. The summed E-state index contributed by atoms with van der Waals surface area (Å²) in [5.41, 5.74) is 2.12. The van der Waals surface area contributed by atoms with E-state index in [0.29, 0.717) is 23.8 Å². The molecule has 0 aliphatic heterocycles. The van der Waals surface area contributed by atoms with E-state index in [-0.39, 0.29) is 18.5 Å². The Bertz CT molecular complexity index is 1420. The van der Waals surface area contributed by atoms with Crippen LogP contribution in [0.5, 0.6) is 11.5 Å². The molecule has 0 radical (unpaired) electrons. The highest BCUT2D eigenvalue weighted by Crippen LogP contribution is 2.24. The Kier molecular flexibility index (Phi) is 10.5. The van der Waals surface area contributed by atoms with Crippen molar-refractivity contribution in [3.63, 3.8) is 0 Å². The predicted molar refractivity (Wildman–Crippen MR) is 163 cm³/mol. The van der Waals surface area contributed by atoms with Crippen LogP contribution < -0.4 is 19.1 Å². The predicted octanol–water partition coefficient (Wildman–Crippen LogP) is 4.52. The molecule has 4 rings (SSSR count). The Morgan fingerprint density at radius 3 is 2.12 bits per heavy atom. The molecule has 0 spiro atoms. The normalized spacial score (nSPS) is 14.2. The minimum atomic E-state index is -3.83. The van der Waals surface area contributed by atoms with Crippen molar-refractivity contribution in [2.24, 2.45) is 0 Å². The van der Waals surface area contributed by atoms with Crippen molar-refractivity contribution in [3.8, 4) is 11.5 Å². The van der Waals surface area contributed by atoms with E-state index in [9.17, 15) is 18.0 Å². The average molecular weight is 594 g/mol.